The van der Waals surface area contributed by atoms with Gasteiger partial charge in [-0.15, -0.1) is 12.3 Å². The first-order valence-electron chi connectivity index (χ1n) is 11.0. The molecule has 0 aliphatic heterocycles. The number of terminal acetylenes is 1. The van der Waals surface area contributed by atoms with Crippen LogP contribution in [0.3, 0.4) is 0 Å². The van der Waals surface area contributed by atoms with Crippen LogP contribution >= 0.6 is 11.6 Å². The van der Waals surface area contributed by atoms with Crippen LogP contribution in [-0.2, 0) is 11.2 Å². The van der Waals surface area contributed by atoms with Crippen molar-refractivity contribution in [2.45, 2.75) is 26.7 Å². The molecule has 3 aromatic rings. The molecule has 3 rings (SSSR count). The van der Waals surface area contributed by atoms with E-state index >= 15 is 0 Å². The third-order valence-electron chi connectivity index (χ3n) is 5.84. The van der Waals surface area contributed by atoms with Gasteiger partial charge < -0.3 is 10.2 Å². The van der Waals surface area contributed by atoms with Crippen LogP contribution in [0.15, 0.2) is 48.5 Å². The van der Waals surface area contributed by atoms with Gasteiger partial charge in [0.05, 0.1) is 23.1 Å². The molecule has 1 N–H and O–H groups in total. The fraction of sp³-hybridized carbons (Fsp3) is 0.214. The second-order valence-corrected chi connectivity index (χ2v) is 8.24. The van der Waals surface area contributed by atoms with Crippen molar-refractivity contribution in [1.29, 1.82) is 0 Å². The second kappa shape index (κ2) is 10.9. The Kier molecular flexibility index (Phi) is 7.99. The first-order chi connectivity index (χ1) is 16.3. The molecule has 1 aromatic heterocycles. The number of halogens is 1. The molecule has 1 heterocycles. The molecule has 0 unspecified atom stereocenters. The third kappa shape index (κ3) is 4.93. The van der Waals surface area contributed by atoms with Crippen molar-refractivity contribution in [3.8, 4) is 12.3 Å². The summed E-state index contributed by atoms with van der Waals surface area (Å²) in [4.78, 5) is 28.5. The number of carbonyl (C=O) groups is 2. The van der Waals surface area contributed by atoms with E-state index in [1.165, 1.54) is 0 Å². The van der Waals surface area contributed by atoms with Gasteiger partial charge >= 0.3 is 0 Å². The Balaban J connectivity index is 2.12. The van der Waals surface area contributed by atoms with E-state index in [0.717, 1.165) is 22.2 Å². The van der Waals surface area contributed by atoms with Crippen LogP contribution in [0.4, 0.5) is 11.4 Å². The van der Waals surface area contributed by atoms with E-state index in [9.17, 15) is 9.59 Å². The third-order valence-corrected chi connectivity index (χ3v) is 6.09. The largest absolute Gasteiger partial charge is 0.386 e. The average molecular weight is 474 g/mol. The molecule has 174 valence electrons. The van der Waals surface area contributed by atoms with Gasteiger partial charge in [0.15, 0.2) is 0 Å². The number of amides is 1. The molecule has 2 aromatic carbocycles. The predicted molar refractivity (Wildman–Crippen MR) is 141 cm³/mol. The van der Waals surface area contributed by atoms with Gasteiger partial charge in [-0.2, -0.15) is 0 Å². The Morgan fingerprint density at radius 1 is 1.18 bits per heavy atom. The summed E-state index contributed by atoms with van der Waals surface area (Å²) < 4.78 is 1.65. The highest BCUT2D eigenvalue weighted by molar-refractivity contribution is 6.30. The van der Waals surface area contributed by atoms with Crippen molar-refractivity contribution in [3.05, 3.63) is 80.9 Å². The monoisotopic (exact) mass is 473 g/mol. The number of rotatable bonds is 6. The van der Waals surface area contributed by atoms with Gasteiger partial charge in [-0.1, -0.05) is 35.9 Å². The van der Waals surface area contributed by atoms with E-state index in [1.807, 2.05) is 57.3 Å². The van der Waals surface area contributed by atoms with Crippen LogP contribution in [0, 0.1) is 19.3 Å². The van der Waals surface area contributed by atoms with E-state index in [4.69, 9.17) is 18.0 Å². The predicted octanol–water partition coefficient (Wildman–Crippen LogP) is 3.99. The Hall–Kier alpha value is -3.75. The Labute approximate surface area is 205 Å². The summed E-state index contributed by atoms with van der Waals surface area (Å²) >= 11 is 6.00. The molecule has 0 saturated carbocycles. The zero-order valence-corrected chi connectivity index (χ0v) is 20.6. The number of nitrogens with one attached hydrogen (secondary N) is 1. The van der Waals surface area contributed by atoms with Gasteiger partial charge in [-0.05, 0) is 55.8 Å². The second-order valence-electron chi connectivity index (χ2n) is 7.81. The molecule has 0 fully saturated rings. The molecule has 5 nitrogen and oxygen atoms in total. The topological polar surface area (TPSA) is 54.3 Å². The lowest BCUT2D eigenvalue weighted by Gasteiger charge is -2.20. The van der Waals surface area contributed by atoms with Crippen molar-refractivity contribution in [2.75, 3.05) is 24.3 Å². The molecule has 0 saturated heterocycles. The number of likely N-dealkylation sites (N-methyl/N-ethyl adjacent to an activating group) is 1. The van der Waals surface area contributed by atoms with Gasteiger partial charge in [-0.3, -0.25) is 14.2 Å². The Morgan fingerprint density at radius 3 is 2.47 bits per heavy atom. The normalized spacial score (nSPS) is 11.9. The highest BCUT2D eigenvalue weighted by atomic mass is 35.5. The van der Waals surface area contributed by atoms with Crippen LogP contribution in [0.1, 0.15) is 35.0 Å². The van der Waals surface area contributed by atoms with Crippen LogP contribution in [0.2, 0.25) is 5.02 Å². The molecule has 1 amide bonds. The summed E-state index contributed by atoms with van der Waals surface area (Å²) in [5, 5.41) is 5.20. The van der Waals surface area contributed by atoms with Crippen LogP contribution < -0.4 is 20.8 Å². The average Bonchev–Trinajstić information content (AvgIpc) is 3.12. The van der Waals surface area contributed by atoms with E-state index in [1.54, 1.807) is 40.8 Å². The molecule has 0 spiro atoms. The number of anilines is 2. The summed E-state index contributed by atoms with van der Waals surface area (Å²) in [6.07, 6.45) is 9.81. The van der Waals surface area contributed by atoms with Gasteiger partial charge in [0.25, 0.3) is 5.91 Å². The number of carbonyl (C=O) groups excluding carboxylic acids is 2. The van der Waals surface area contributed by atoms with Crippen LogP contribution in [0.25, 0.3) is 12.2 Å². The zero-order chi connectivity index (χ0) is 24.8. The minimum atomic E-state index is -0.190. The van der Waals surface area contributed by atoms with Crippen molar-refractivity contribution in [3.63, 3.8) is 0 Å². The molecule has 6 heteroatoms. The standard InChI is InChI=1S/C28H28ClN3O2/c1-6-8-11-22-23(18-27(33)31(5)26-13-10-9-12-24(26)30-4)19(3)32(25(22)7-2)28(34)20-14-16-21(29)17-15-20/h1,7,9-17,30H,8,18H2,2-5H3/b22-11-,25-7+. The summed E-state index contributed by atoms with van der Waals surface area (Å²) in [5.41, 5.74) is 3.63. The van der Waals surface area contributed by atoms with Gasteiger partial charge in [0.2, 0.25) is 5.91 Å². The first-order valence-corrected chi connectivity index (χ1v) is 11.4. The van der Waals surface area contributed by atoms with Crippen molar-refractivity contribution in [1.82, 2.24) is 4.57 Å². The SMILES string of the molecule is C#CC/C=c1/c(CC(=O)N(C)c2ccccc2NC)c(C)n(C(=O)c2ccc(Cl)cc2)/c1=C/C. The van der Waals surface area contributed by atoms with Crippen molar-refractivity contribution >= 4 is 46.9 Å². The number of hydrogen-bond acceptors (Lipinski definition) is 3. The molecule has 0 radical (unpaired) electrons. The summed E-state index contributed by atoms with van der Waals surface area (Å²) in [7, 11) is 3.57. The Bertz CT molecular complexity index is 1380. The van der Waals surface area contributed by atoms with Gasteiger partial charge in [0.1, 0.15) is 0 Å². The quantitative estimate of drug-likeness (QED) is 0.551. The van der Waals surface area contributed by atoms with E-state index in [2.05, 4.69) is 11.2 Å². The summed E-state index contributed by atoms with van der Waals surface area (Å²) in [5.74, 6) is 2.34. The molecule has 0 aliphatic carbocycles. The highest BCUT2D eigenvalue weighted by Crippen LogP contribution is 2.24. The number of hydrogen-bond donors (Lipinski definition) is 1. The molecule has 34 heavy (non-hydrogen) atoms. The molecule has 0 bridgehead atoms. The van der Waals surface area contributed by atoms with E-state index in [0.29, 0.717) is 28.0 Å². The lowest BCUT2D eigenvalue weighted by atomic mass is 10.1. The number of benzene rings is 2. The maximum absolute atomic E-state index is 13.5. The van der Waals surface area contributed by atoms with Crippen molar-refractivity contribution in [2.24, 2.45) is 0 Å². The minimum Gasteiger partial charge on any atom is -0.386 e. The fourth-order valence-electron chi connectivity index (χ4n) is 4.05. The van der Waals surface area contributed by atoms with E-state index < -0.39 is 0 Å². The minimum absolute atomic E-state index is 0.0973. The lowest BCUT2D eigenvalue weighted by Crippen LogP contribution is -2.35. The number of aromatic nitrogens is 1. The van der Waals surface area contributed by atoms with Crippen LogP contribution in [-0.4, -0.2) is 30.5 Å². The van der Waals surface area contributed by atoms with Gasteiger partial charge in [0, 0.05) is 42.0 Å². The molecule has 0 atom stereocenters. The van der Waals surface area contributed by atoms with Crippen molar-refractivity contribution < 1.29 is 9.59 Å². The van der Waals surface area contributed by atoms with Crippen LogP contribution in [0.5, 0.6) is 0 Å². The smallest absolute Gasteiger partial charge is 0.262 e. The number of para-hydroxylation sites is 2. The summed E-state index contributed by atoms with van der Waals surface area (Å²) in [6.45, 7) is 3.73. The molecular weight excluding hydrogens is 446 g/mol. The Morgan fingerprint density at radius 2 is 1.85 bits per heavy atom. The first kappa shape index (κ1) is 24.9. The van der Waals surface area contributed by atoms with Gasteiger partial charge in [-0.25, -0.2) is 0 Å². The fourth-order valence-corrected chi connectivity index (χ4v) is 4.17. The molecule has 0 aliphatic rings. The highest BCUT2D eigenvalue weighted by Gasteiger charge is 2.22. The number of nitrogens with zero attached hydrogens (tertiary/aromatic N) is 2. The maximum Gasteiger partial charge on any atom is 0.262 e. The summed E-state index contributed by atoms with van der Waals surface area (Å²) in [6, 6.07) is 14.4. The maximum atomic E-state index is 13.5. The van der Waals surface area contributed by atoms with E-state index in [-0.39, 0.29) is 18.2 Å². The molecular formula is C28H28ClN3O2. The lowest BCUT2D eigenvalue weighted by molar-refractivity contribution is -0.117. The zero-order valence-electron chi connectivity index (χ0n) is 19.9.